The topological polar surface area (TPSA) is 66.8 Å². The molecule has 1 saturated heterocycles. The van der Waals surface area contributed by atoms with E-state index in [0.717, 1.165) is 6.42 Å². The number of ether oxygens (including phenoxy) is 1. The van der Waals surface area contributed by atoms with E-state index in [0.29, 0.717) is 38.9 Å². The molecule has 0 aromatic heterocycles. The van der Waals surface area contributed by atoms with Gasteiger partial charge in [0, 0.05) is 13.2 Å². The summed E-state index contributed by atoms with van der Waals surface area (Å²) >= 11 is 0. The average molecular weight is 242 g/mol. The van der Waals surface area contributed by atoms with Crippen LogP contribution >= 0.6 is 0 Å². The van der Waals surface area contributed by atoms with Gasteiger partial charge in [0.15, 0.2) is 0 Å². The van der Waals surface area contributed by atoms with Crippen LogP contribution in [0.15, 0.2) is 0 Å². The number of hydrogen-bond acceptors (Lipinski definition) is 3. The van der Waals surface area contributed by atoms with Gasteiger partial charge in [-0.05, 0) is 37.5 Å². The third kappa shape index (κ3) is 1.97. The first-order valence-corrected chi connectivity index (χ1v) is 6.35. The van der Waals surface area contributed by atoms with Crippen LogP contribution in [0.5, 0.6) is 0 Å². The monoisotopic (exact) mass is 242 g/mol. The fraction of sp³-hybridized carbons (Fsp3) is 0.923. The molecule has 0 bridgehead atoms. The Morgan fingerprint density at radius 2 is 1.71 bits per heavy atom. The summed E-state index contributed by atoms with van der Waals surface area (Å²) in [7, 11) is 0. The molecule has 4 nitrogen and oxygen atoms in total. The highest BCUT2D eigenvalue weighted by Crippen LogP contribution is 2.55. The molecule has 2 fully saturated rings. The largest absolute Gasteiger partial charge is 0.481 e. The van der Waals surface area contributed by atoms with Crippen LogP contribution in [0.3, 0.4) is 0 Å². The summed E-state index contributed by atoms with van der Waals surface area (Å²) in [5, 5.41) is 20.4. The summed E-state index contributed by atoms with van der Waals surface area (Å²) in [5.74, 6) is -0.860. The standard InChI is InChI=1S/C13H22O4/c1-11(2)3-4-13(16,9-11)12(10(14)15)5-7-17-8-6-12/h16H,3-9H2,1-2H3,(H,14,15). The average Bonchev–Trinajstić information content (AvgIpc) is 2.55. The lowest BCUT2D eigenvalue weighted by molar-refractivity contribution is -0.184. The lowest BCUT2D eigenvalue weighted by Gasteiger charge is -2.45. The first-order valence-electron chi connectivity index (χ1n) is 6.35. The SMILES string of the molecule is CC1(C)CCC(O)(C2(C(=O)O)CCOCC2)C1. The van der Waals surface area contributed by atoms with E-state index < -0.39 is 17.0 Å². The Morgan fingerprint density at radius 1 is 1.12 bits per heavy atom. The van der Waals surface area contributed by atoms with Gasteiger partial charge in [-0.1, -0.05) is 13.8 Å². The third-order valence-electron chi connectivity index (χ3n) is 4.63. The number of aliphatic hydroxyl groups is 1. The van der Waals surface area contributed by atoms with Gasteiger partial charge in [0.1, 0.15) is 5.41 Å². The van der Waals surface area contributed by atoms with E-state index in [9.17, 15) is 15.0 Å². The van der Waals surface area contributed by atoms with Crippen LogP contribution in [0.25, 0.3) is 0 Å². The van der Waals surface area contributed by atoms with Crippen molar-refractivity contribution in [2.24, 2.45) is 10.8 Å². The van der Waals surface area contributed by atoms with Crippen LogP contribution in [0.1, 0.15) is 46.0 Å². The number of carbonyl (C=O) groups is 1. The second-order valence-corrected chi connectivity index (χ2v) is 6.37. The number of aliphatic carboxylic acids is 1. The first kappa shape index (κ1) is 12.8. The van der Waals surface area contributed by atoms with E-state index in [-0.39, 0.29) is 5.41 Å². The lowest BCUT2D eigenvalue weighted by atomic mass is 9.65. The Kier molecular flexibility index (Phi) is 2.99. The highest BCUT2D eigenvalue weighted by molar-refractivity contribution is 5.76. The van der Waals surface area contributed by atoms with Crippen molar-refractivity contribution in [3.63, 3.8) is 0 Å². The molecule has 0 spiro atoms. The van der Waals surface area contributed by atoms with Crippen LogP contribution in [0.2, 0.25) is 0 Å². The van der Waals surface area contributed by atoms with Crippen molar-refractivity contribution in [3.8, 4) is 0 Å². The van der Waals surface area contributed by atoms with E-state index in [4.69, 9.17) is 4.74 Å². The van der Waals surface area contributed by atoms with Crippen LogP contribution in [-0.4, -0.2) is 35.0 Å². The summed E-state index contributed by atoms with van der Waals surface area (Å²) in [5.41, 5.74) is -2.03. The van der Waals surface area contributed by atoms with Crippen molar-refractivity contribution >= 4 is 5.97 Å². The van der Waals surface area contributed by atoms with E-state index in [1.54, 1.807) is 0 Å². The minimum absolute atomic E-state index is 0.0372. The van der Waals surface area contributed by atoms with Crippen molar-refractivity contribution in [2.45, 2.75) is 51.6 Å². The molecule has 0 aromatic carbocycles. The number of rotatable bonds is 2. The van der Waals surface area contributed by atoms with E-state index >= 15 is 0 Å². The van der Waals surface area contributed by atoms with Gasteiger partial charge in [-0.3, -0.25) is 4.79 Å². The summed E-state index contributed by atoms with van der Waals surface area (Å²) in [6, 6.07) is 0. The van der Waals surface area contributed by atoms with E-state index in [2.05, 4.69) is 13.8 Å². The molecule has 1 atom stereocenters. The Hall–Kier alpha value is -0.610. The Morgan fingerprint density at radius 3 is 2.12 bits per heavy atom. The van der Waals surface area contributed by atoms with Gasteiger partial charge >= 0.3 is 5.97 Å². The molecule has 0 radical (unpaired) electrons. The minimum Gasteiger partial charge on any atom is -0.481 e. The lowest BCUT2D eigenvalue weighted by Crippen LogP contribution is -2.55. The van der Waals surface area contributed by atoms with Crippen molar-refractivity contribution in [2.75, 3.05) is 13.2 Å². The molecule has 2 aliphatic rings. The van der Waals surface area contributed by atoms with Crippen LogP contribution in [0, 0.1) is 10.8 Å². The van der Waals surface area contributed by atoms with Crippen LogP contribution in [0.4, 0.5) is 0 Å². The van der Waals surface area contributed by atoms with Gasteiger partial charge in [0.05, 0.1) is 5.60 Å². The highest BCUT2D eigenvalue weighted by Gasteiger charge is 2.60. The second kappa shape index (κ2) is 3.95. The van der Waals surface area contributed by atoms with Gasteiger partial charge < -0.3 is 14.9 Å². The normalized spacial score (nSPS) is 35.7. The predicted octanol–water partition coefficient (Wildman–Crippen LogP) is 1.81. The fourth-order valence-electron chi connectivity index (χ4n) is 3.52. The van der Waals surface area contributed by atoms with Crippen molar-refractivity contribution in [3.05, 3.63) is 0 Å². The molecule has 0 aromatic rings. The zero-order valence-electron chi connectivity index (χ0n) is 10.7. The van der Waals surface area contributed by atoms with Gasteiger partial charge in [0.2, 0.25) is 0 Å². The molecule has 2 N–H and O–H groups in total. The molecule has 1 saturated carbocycles. The Bertz CT molecular complexity index is 317. The molecule has 1 aliphatic heterocycles. The van der Waals surface area contributed by atoms with Gasteiger partial charge in [-0.25, -0.2) is 0 Å². The summed E-state index contributed by atoms with van der Waals surface area (Å²) in [6.07, 6.45) is 2.90. The minimum atomic E-state index is -1.06. The predicted molar refractivity (Wildman–Crippen MR) is 62.7 cm³/mol. The van der Waals surface area contributed by atoms with Crippen molar-refractivity contribution in [1.29, 1.82) is 0 Å². The van der Waals surface area contributed by atoms with Crippen molar-refractivity contribution < 1.29 is 19.7 Å². The maximum atomic E-state index is 11.7. The zero-order chi connectivity index (χ0) is 12.7. The van der Waals surface area contributed by atoms with Gasteiger partial charge in [-0.15, -0.1) is 0 Å². The summed E-state index contributed by atoms with van der Waals surface area (Å²) < 4.78 is 5.26. The molecule has 17 heavy (non-hydrogen) atoms. The first-order chi connectivity index (χ1) is 7.81. The van der Waals surface area contributed by atoms with Gasteiger partial charge in [0.25, 0.3) is 0 Å². The van der Waals surface area contributed by atoms with E-state index in [1.807, 2.05) is 0 Å². The molecule has 1 heterocycles. The molecule has 0 amide bonds. The molecule has 2 rings (SSSR count). The zero-order valence-corrected chi connectivity index (χ0v) is 10.7. The van der Waals surface area contributed by atoms with Gasteiger partial charge in [-0.2, -0.15) is 0 Å². The highest BCUT2D eigenvalue weighted by atomic mass is 16.5. The maximum absolute atomic E-state index is 11.7. The van der Waals surface area contributed by atoms with E-state index in [1.165, 1.54) is 0 Å². The molecule has 4 heteroatoms. The summed E-state index contributed by atoms with van der Waals surface area (Å²) in [6.45, 7) is 5.07. The Balaban J connectivity index is 2.30. The molecular formula is C13H22O4. The molecular weight excluding hydrogens is 220 g/mol. The quantitative estimate of drug-likeness (QED) is 0.775. The number of hydrogen-bond donors (Lipinski definition) is 2. The molecule has 1 unspecified atom stereocenters. The smallest absolute Gasteiger partial charge is 0.312 e. The van der Waals surface area contributed by atoms with Crippen LogP contribution < -0.4 is 0 Å². The number of carboxylic acids is 1. The maximum Gasteiger partial charge on any atom is 0.312 e. The summed E-state index contributed by atoms with van der Waals surface area (Å²) in [4.78, 5) is 11.7. The van der Waals surface area contributed by atoms with Crippen molar-refractivity contribution in [1.82, 2.24) is 0 Å². The fourth-order valence-corrected chi connectivity index (χ4v) is 3.52. The van der Waals surface area contributed by atoms with Crippen LogP contribution in [-0.2, 0) is 9.53 Å². The Labute approximate surface area is 102 Å². The molecule has 1 aliphatic carbocycles. The second-order valence-electron chi connectivity index (χ2n) is 6.37. The number of carboxylic acid groups (broad SMARTS) is 1. The molecule has 98 valence electrons. The third-order valence-corrected chi connectivity index (χ3v) is 4.63.